The number of nitrogens with two attached hydrogens (primary N) is 1. The highest BCUT2D eigenvalue weighted by Crippen LogP contribution is 2.20. The van der Waals surface area contributed by atoms with E-state index in [0.717, 1.165) is 5.56 Å². The first-order valence-corrected chi connectivity index (χ1v) is 5.76. The van der Waals surface area contributed by atoms with Crippen molar-refractivity contribution in [3.8, 4) is 0 Å². The molecule has 0 heterocycles. The Morgan fingerprint density at radius 3 is 2.88 bits per heavy atom. The minimum absolute atomic E-state index is 0.0521. The predicted octanol–water partition coefficient (Wildman–Crippen LogP) is 2.11. The summed E-state index contributed by atoms with van der Waals surface area (Å²) in [6.07, 6.45) is 0.298. The van der Waals surface area contributed by atoms with Crippen LogP contribution in [-0.2, 0) is 4.79 Å². The van der Waals surface area contributed by atoms with Crippen molar-refractivity contribution in [2.75, 3.05) is 6.54 Å². The summed E-state index contributed by atoms with van der Waals surface area (Å²) in [5.41, 5.74) is 5.98. The van der Waals surface area contributed by atoms with E-state index in [1.54, 1.807) is 12.1 Å². The summed E-state index contributed by atoms with van der Waals surface area (Å²) in [7, 11) is 0. The summed E-state index contributed by atoms with van der Waals surface area (Å²) < 4.78 is 13.4. The molecule has 0 fully saturated rings. The molecule has 0 bridgehead atoms. The molecule has 3 N–H and O–H groups in total. The van der Waals surface area contributed by atoms with Crippen LogP contribution in [0.1, 0.15) is 24.9 Å². The minimum atomic E-state index is -0.333. The van der Waals surface area contributed by atoms with Crippen molar-refractivity contribution in [2.24, 2.45) is 5.73 Å². The van der Waals surface area contributed by atoms with E-state index in [1.165, 1.54) is 6.07 Å². The SMILES string of the molecule is CC(NCCC(N)=O)c1ccc(F)c(Br)c1. The number of amides is 1. The van der Waals surface area contributed by atoms with Gasteiger partial charge in [0.15, 0.2) is 0 Å². The number of nitrogens with one attached hydrogen (secondary N) is 1. The lowest BCUT2D eigenvalue weighted by molar-refractivity contribution is -0.117. The molecule has 0 aliphatic carbocycles. The van der Waals surface area contributed by atoms with Gasteiger partial charge in [0.2, 0.25) is 5.91 Å². The maximum absolute atomic E-state index is 13.0. The van der Waals surface area contributed by atoms with Gasteiger partial charge in [-0.25, -0.2) is 4.39 Å². The van der Waals surface area contributed by atoms with E-state index in [4.69, 9.17) is 5.73 Å². The lowest BCUT2D eigenvalue weighted by Gasteiger charge is -2.14. The third-order valence-electron chi connectivity index (χ3n) is 2.27. The first kappa shape index (κ1) is 13.1. The molecule has 0 saturated carbocycles. The van der Waals surface area contributed by atoms with Gasteiger partial charge in [0.05, 0.1) is 4.47 Å². The molecule has 0 aliphatic rings. The van der Waals surface area contributed by atoms with E-state index in [-0.39, 0.29) is 17.8 Å². The predicted molar refractivity (Wildman–Crippen MR) is 64.3 cm³/mol. The van der Waals surface area contributed by atoms with Crippen molar-refractivity contribution in [1.82, 2.24) is 5.32 Å². The molecule has 16 heavy (non-hydrogen) atoms. The lowest BCUT2D eigenvalue weighted by atomic mass is 10.1. The van der Waals surface area contributed by atoms with Gasteiger partial charge in [0.1, 0.15) is 5.82 Å². The second-order valence-corrected chi connectivity index (χ2v) is 4.42. The van der Waals surface area contributed by atoms with Crippen LogP contribution in [0.4, 0.5) is 4.39 Å². The van der Waals surface area contributed by atoms with Gasteiger partial charge < -0.3 is 11.1 Å². The Bertz CT molecular complexity index is 384. The number of benzene rings is 1. The Balaban J connectivity index is 2.55. The molecule has 3 nitrogen and oxygen atoms in total. The van der Waals surface area contributed by atoms with Crippen LogP contribution in [0.15, 0.2) is 22.7 Å². The molecule has 5 heteroatoms. The highest BCUT2D eigenvalue weighted by atomic mass is 79.9. The van der Waals surface area contributed by atoms with E-state index in [1.807, 2.05) is 6.92 Å². The zero-order valence-corrected chi connectivity index (χ0v) is 10.6. The molecule has 1 rings (SSSR count). The number of carbonyl (C=O) groups is 1. The van der Waals surface area contributed by atoms with Gasteiger partial charge in [-0.05, 0) is 40.5 Å². The Labute approximate surface area is 102 Å². The number of carbonyl (C=O) groups excluding carboxylic acids is 1. The zero-order chi connectivity index (χ0) is 12.1. The number of hydrogen-bond acceptors (Lipinski definition) is 2. The van der Waals surface area contributed by atoms with Crippen LogP contribution in [0.3, 0.4) is 0 Å². The van der Waals surface area contributed by atoms with Gasteiger partial charge in [0, 0.05) is 19.0 Å². The van der Waals surface area contributed by atoms with Crippen LogP contribution in [0, 0.1) is 5.82 Å². The first-order valence-electron chi connectivity index (χ1n) is 4.97. The molecule has 1 unspecified atom stereocenters. The van der Waals surface area contributed by atoms with Crippen LogP contribution >= 0.6 is 15.9 Å². The van der Waals surface area contributed by atoms with E-state index < -0.39 is 0 Å². The van der Waals surface area contributed by atoms with Crippen LogP contribution in [0.5, 0.6) is 0 Å². The average Bonchev–Trinajstić information content (AvgIpc) is 2.21. The molecule has 0 aromatic heterocycles. The van der Waals surface area contributed by atoms with Crippen molar-refractivity contribution >= 4 is 21.8 Å². The summed E-state index contributed by atoms with van der Waals surface area (Å²) in [4.78, 5) is 10.5. The number of rotatable bonds is 5. The summed E-state index contributed by atoms with van der Waals surface area (Å²) in [5, 5.41) is 3.13. The molecule has 1 amide bonds. The lowest BCUT2D eigenvalue weighted by Crippen LogP contribution is -2.24. The van der Waals surface area contributed by atoms with Gasteiger partial charge in [0.25, 0.3) is 0 Å². The maximum atomic E-state index is 13.0. The van der Waals surface area contributed by atoms with Crippen molar-refractivity contribution in [3.63, 3.8) is 0 Å². The fourth-order valence-electron chi connectivity index (χ4n) is 1.31. The summed E-state index contributed by atoms with van der Waals surface area (Å²) in [6.45, 7) is 2.46. The third kappa shape index (κ3) is 3.90. The van der Waals surface area contributed by atoms with Crippen molar-refractivity contribution in [3.05, 3.63) is 34.1 Å². The molecule has 0 radical (unpaired) electrons. The largest absolute Gasteiger partial charge is 0.370 e. The Morgan fingerprint density at radius 2 is 2.31 bits per heavy atom. The van der Waals surface area contributed by atoms with Crippen LogP contribution in [0.25, 0.3) is 0 Å². The first-order chi connectivity index (χ1) is 7.50. The summed E-state index contributed by atoms with van der Waals surface area (Å²) >= 11 is 3.13. The molecule has 1 atom stereocenters. The molecule has 0 aliphatic heterocycles. The van der Waals surface area contributed by atoms with Crippen LogP contribution in [-0.4, -0.2) is 12.5 Å². The van der Waals surface area contributed by atoms with E-state index in [2.05, 4.69) is 21.2 Å². The van der Waals surface area contributed by atoms with Crippen molar-refractivity contribution < 1.29 is 9.18 Å². The van der Waals surface area contributed by atoms with E-state index >= 15 is 0 Å². The second-order valence-electron chi connectivity index (χ2n) is 3.57. The molecular formula is C11H14BrFN2O. The minimum Gasteiger partial charge on any atom is -0.370 e. The topological polar surface area (TPSA) is 55.1 Å². The molecule has 0 spiro atoms. The van der Waals surface area contributed by atoms with Crippen LogP contribution in [0.2, 0.25) is 0 Å². The number of hydrogen-bond donors (Lipinski definition) is 2. The van der Waals surface area contributed by atoms with Crippen LogP contribution < -0.4 is 11.1 Å². The quantitative estimate of drug-likeness (QED) is 0.872. The van der Waals surface area contributed by atoms with Crippen molar-refractivity contribution in [1.29, 1.82) is 0 Å². The summed E-state index contributed by atoms with van der Waals surface area (Å²) in [6, 6.07) is 4.89. The summed E-state index contributed by atoms with van der Waals surface area (Å²) in [5.74, 6) is -0.618. The molecule has 1 aromatic carbocycles. The van der Waals surface area contributed by atoms with Gasteiger partial charge in [-0.15, -0.1) is 0 Å². The second kappa shape index (κ2) is 5.96. The van der Waals surface area contributed by atoms with E-state index in [0.29, 0.717) is 17.4 Å². The Morgan fingerprint density at radius 1 is 1.62 bits per heavy atom. The fourth-order valence-corrected chi connectivity index (χ4v) is 1.71. The number of halogens is 2. The van der Waals surface area contributed by atoms with E-state index in [9.17, 15) is 9.18 Å². The monoisotopic (exact) mass is 288 g/mol. The molecule has 88 valence electrons. The van der Waals surface area contributed by atoms with Gasteiger partial charge in [-0.1, -0.05) is 6.07 Å². The van der Waals surface area contributed by atoms with Crippen molar-refractivity contribution in [2.45, 2.75) is 19.4 Å². The molecular weight excluding hydrogens is 275 g/mol. The molecule has 1 aromatic rings. The smallest absolute Gasteiger partial charge is 0.218 e. The Hall–Kier alpha value is -0.940. The standard InChI is InChI=1S/C11H14BrFN2O/c1-7(15-5-4-11(14)16)8-2-3-10(13)9(12)6-8/h2-3,6-7,15H,4-5H2,1H3,(H2,14,16). The number of primary amides is 1. The van der Waals surface area contributed by atoms with Gasteiger partial charge in [-0.3, -0.25) is 4.79 Å². The normalized spacial score (nSPS) is 12.4. The third-order valence-corrected chi connectivity index (χ3v) is 2.87. The highest BCUT2D eigenvalue weighted by molar-refractivity contribution is 9.10. The zero-order valence-electron chi connectivity index (χ0n) is 8.97. The van der Waals surface area contributed by atoms with Gasteiger partial charge in [-0.2, -0.15) is 0 Å². The molecule has 0 saturated heterocycles. The Kier molecular flexibility index (Phi) is 4.89. The highest BCUT2D eigenvalue weighted by Gasteiger charge is 2.07. The van der Waals surface area contributed by atoms with Gasteiger partial charge >= 0.3 is 0 Å². The fraction of sp³-hybridized carbons (Fsp3) is 0.364. The maximum Gasteiger partial charge on any atom is 0.218 e. The average molecular weight is 289 g/mol.